The first-order chi connectivity index (χ1) is 12.7. The number of carboxylic acid groups (broad SMARTS) is 3. The summed E-state index contributed by atoms with van der Waals surface area (Å²) in [6, 6.07) is 1.70. The molecule has 0 atom stereocenters. The maximum Gasteiger partial charge on any atom is 0.512 e. The summed E-state index contributed by atoms with van der Waals surface area (Å²) in [5, 5.41) is 26.2. The summed E-state index contributed by atoms with van der Waals surface area (Å²) in [5.74, 6) is -4.04. The lowest BCUT2D eigenvalue weighted by Crippen LogP contribution is -2.23. The van der Waals surface area contributed by atoms with Crippen LogP contribution in [-0.2, 0) is 0 Å². The fourth-order valence-electron chi connectivity index (χ4n) is 2.41. The van der Waals surface area contributed by atoms with Gasteiger partial charge in [-0.3, -0.25) is 9.59 Å². The molecule has 0 spiro atoms. The standard InChI is InChI=1S/C14H6N2O11/c17-10-3-1-5(26-13(21)22)15-8(3)7-4(25-12(19)20)2-6(27-14(23)24)16-9(7)11(10)18/h1-2,15H,(H,19,20)(H,21,22)(H,23,24). The number of Topliss-reactive ketones (excluding diaryl/α,β-unsaturated/α-hetero) is 2. The van der Waals surface area contributed by atoms with Gasteiger partial charge in [0.05, 0.1) is 16.8 Å². The molecule has 2 aromatic rings. The van der Waals surface area contributed by atoms with Crippen molar-refractivity contribution in [3.8, 4) is 28.8 Å². The van der Waals surface area contributed by atoms with Crippen molar-refractivity contribution >= 4 is 30.0 Å². The van der Waals surface area contributed by atoms with Crippen LogP contribution in [0, 0.1) is 0 Å². The van der Waals surface area contributed by atoms with Gasteiger partial charge >= 0.3 is 18.5 Å². The minimum Gasteiger partial charge on any atom is -0.449 e. The van der Waals surface area contributed by atoms with Crippen molar-refractivity contribution < 1.29 is 53.5 Å². The number of aromatic nitrogens is 2. The van der Waals surface area contributed by atoms with Gasteiger partial charge < -0.3 is 34.5 Å². The Hall–Kier alpha value is -4.42. The first-order valence-corrected chi connectivity index (χ1v) is 6.77. The second kappa shape index (κ2) is 6.14. The molecule has 138 valence electrons. The number of nitrogens with one attached hydrogen (secondary N) is 1. The molecule has 1 aliphatic carbocycles. The number of fused-ring (bicyclic) bond motifs is 3. The number of hydrogen-bond donors (Lipinski definition) is 4. The second-order valence-electron chi connectivity index (χ2n) is 4.87. The van der Waals surface area contributed by atoms with Gasteiger partial charge in [-0.15, -0.1) is 0 Å². The van der Waals surface area contributed by atoms with E-state index < -0.39 is 53.2 Å². The average molecular weight is 378 g/mol. The van der Waals surface area contributed by atoms with E-state index in [1.165, 1.54) is 0 Å². The Balaban J connectivity index is 2.26. The molecule has 27 heavy (non-hydrogen) atoms. The molecule has 1 aliphatic rings. The normalized spacial score (nSPS) is 12.0. The van der Waals surface area contributed by atoms with E-state index in [1.807, 2.05) is 0 Å². The van der Waals surface area contributed by atoms with Gasteiger partial charge in [0.2, 0.25) is 17.5 Å². The molecule has 0 amide bonds. The number of ketones is 2. The van der Waals surface area contributed by atoms with Crippen molar-refractivity contribution in [3.05, 3.63) is 23.4 Å². The summed E-state index contributed by atoms with van der Waals surface area (Å²) < 4.78 is 13.2. The minimum absolute atomic E-state index is 0.198. The number of ether oxygens (including phenoxy) is 3. The molecule has 0 saturated carbocycles. The van der Waals surface area contributed by atoms with E-state index in [1.54, 1.807) is 0 Å². The lowest BCUT2D eigenvalue weighted by Gasteiger charge is -2.17. The van der Waals surface area contributed by atoms with Gasteiger partial charge in [0.25, 0.3) is 5.78 Å². The van der Waals surface area contributed by atoms with E-state index in [0.717, 1.165) is 12.1 Å². The summed E-state index contributed by atoms with van der Waals surface area (Å²) in [6.45, 7) is 0. The number of rotatable bonds is 3. The van der Waals surface area contributed by atoms with Crippen LogP contribution in [0.25, 0.3) is 11.3 Å². The molecule has 2 aromatic heterocycles. The van der Waals surface area contributed by atoms with Crippen LogP contribution in [0.4, 0.5) is 14.4 Å². The number of H-pyrrole nitrogens is 1. The minimum atomic E-state index is -1.82. The molecule has 2 heterocycles. The van der Waals surface area contributed by atoms with Gasteiger partial charge in [-0.1, -0.05) is 0 Å². The summed E-state index contributed by atoms with van der Waals surface area (Å²) in [6.07, 6.45) is -5.34. The molecule has 4 N–H and O–H groups in total. The fraction of sp³-hybridized carbons (Fsp3) is 0. The van der Waals surface area contributed by atoms with E-state index in [4.69, 9.17) is 15.3 Å². The lowest BCUT2D eigenvalue weighted by molar-refractivity contribution is 0.0811. The van der Waals surface area contributed by atoms with Crippen molar-refractivity contribution in [1.29, 1.82) is 0 Å². The van der Waals surface area contributed by atoms with Crippen molar-refractivity contribution in [2.45, 2.75) is 0 Å². The van der Waals surface area contributed by atoms with Crippen LogP contribution in [0.5, 0.6) is 17.5 Å². The summed E-state index contributed by atoms with van der Waals surface area (Å²) in [7, 11) is 0. The van der Waals surface area contributed by atoms with Crippen molar-refractivity contribution in [2.75, 3.05) is 0 Å². The van der Waals surface area contributed by atoms with E-state index in [2.05, 4.69) is 24.2 Å². The molecule has 0 unspecified atom stereocenters. The highest BCUT2D eigenvalue weighted by molar-refractivity contribution is 6.52. The number of carbonyl (C=O) groups excluding carboxylic acids is 2. The number of aromatic amines is 1. The Morgan fingerprint density at radius 2 is 1.52 bits per heavy atom. The zero-order valence-corrected chi connectivity index (χ0v) is 12.7. The van der Waals surface area contributed by atoms with Gasteiger partial charge in [-0.05, 0) is 0 Å². The second-order valence-corrected chi connectivity index (χ2v) is 4.87. The van der Waals surface area contributed by atoms with Crippen molar-refractivity contribution in [3.63, 3.8) is 0 Å². The molecule has 13 nitrogen and oxygen atoms in total. The number of nitrogens with zero attached hydrogens (tertiary/aromatic N) is 1. The van der Waals surface area contributed by atoms with Crippen molar-refractivity contribution in [2.24, 2.45) is 0 Å². The quantitative estimate of drug-likeness (QED) is 0.444. The SMILES string of the molecule is O=C(O)Oc1cc(OC(=O)O)c2c(n1)C(=O)C(=O)c1cc(OC(=O)O)[nH]c1-2. The molecule has 13 heteroatoms. The maximum absolute atomic E-state index is 12.3. The zero-order valence-electron chi connectivity index (χ0n) is 12.7. The van der Waals surface area contributed by atoms with E-state index in [0.29, 0.717) is 0 Å². The monoisotopic (exact) mass is 378 g/mol. The third-order valence-electron chi connectivity index (χ3n) is 3.26. The molecule has 0 radical (unpaired) electrons. The number of hydrogen-bond acceptors (Lipinski definition) is 9. The largest absolute Gasteiger partial charge is 0.512 e. The smallest absolute Gasteiger partial charge is 0.449 e. The van der Waals surface area contributed by atoms with E-state index in [-0.39, 0.29) is 16.8 Å². The van der Waals surface area contributed by atoms with Crippen LogP contribution in [0.1, 0.15) is 20.8 Å². The third kappa shape index (κ3) is 3.11. The third-order valence-corrected chi connectivity index (χ3v) is 3.26. The highest BCUT2D eigenvalue weighted by Gasteiger charge is 2.38. The lowest BCUT2D eigenvalue weighted by atomic mass is 9.91. The van der Waals surface area contributed by atoms with Crippen LogP contribution in [0.2, 0.25) is 0 Å². The Bertz CT molecular complexity index is 1040. The maximum atomic E-state index is 12.3. The molecule has 0 saturated heterocycles. The topological polar surface area (TPSA) is 202 Å². The van der Waals surface area contributed by atoms with Gasteiger partial charge in [0, 0.05) is 12.1 Å². The first-order valence-electron chi connectivity index (χ1n) is 6.77. The van der Waals surface area contributed by atoms with Crippen LogP contribution >= 0.6 is 0 Å². The summed E-state index contributed by atoms with van der Waals surface area (Å²) in [4.78, 5) is 62.8. The zero-order chi connectivity index (χ0) is 19.9. The van der Waals surface area contributed by atoms with Gasteiger partial charge in [-0.2, -0.15) is 0 Å². The Kier molecular flexibility index (Phi) is 3.96. The predicted octanol–water partition coefficient (Wildman–Crippen LogP) is 1.63. The van der Waals surface area contributed by atoms with Crippen LogP contribution < -0.4 is 14.2 Å². The van der Waals surface area contributed by atoms with Gasteiger partial charge in [0.1, 0.15) is 5.69 Å². The van der Waals surface area contributed by atoms with E-state index >= 15 is 0 Å². The van der Waals surface area contributed by atoms with Crippen LogP contribution in [0.15, 0.2) is 12.1 Å². The number of carbonyl (C=O) groups is 5. The molecular weight excluding hydrogens is 372 g/mol. The molecule has 0 aliphatic heterocycles. The predicted molar refractivity (Wildman–Crippen MR) is 78.6 cm³/mol. The Morgan fingerprint density at radius 3 is 2.11 bits per heavy atom. The molecule has 0 aromatic carbocycles. The van der Waals surface area contributed by atoms with Gasteiger partial charge in [-0.25, -0.2) is 19.4 Å². The molecule has 0 fully saturated rings. The van der Waals surface area contributed by atoms with Gasteiger partial charge in [0.15, 0.2) is 5.75 Å². The number of pyridine rings is 1. The molecule has 3 rings (SSSR count). The highest BCUT2D eigenvalue weighted by Crippen LogP contribution is 2.42. The molecular formula is C14H6N2O11. The summed E-state index contributed by atoms with van der Waals surface area (Å²) >= 11 is 0. The van der Waals surface area contributed by atoms with Crippen LogP contribution in [-0.4, -0.2) is 55.3 Å². The molecule has 0 bridgehead atoms. The van der Waals surface area contributed by atoms with Crippen LogP contribution in [0.3, 0.4) is 0 Å². The fourth-order valence-corrected chi connectivity index (χ4v) is 2.41. The average Bonchev–Trinajstić information content (AvgIpc) is 2.93. The summed E-state index contributed by atoms with van der Waals surface area (Å²) in [5.41, 5.74) is -1.47. The highest BCUT2D eigenvalue weighted by atomic mass is 16.7. The first kappa shape index (κ1) is 17.4. The Labute approximate surface area is 146 Å². The van der Waals surface area contributed by atoms with Crippen molar-refractivity contribution in [1.82, 2.24) is 9.97 Å². The van der Waals surface area contributed by atoms with E-state index in [9.17, 15) is 24.0 Å². The Morgan fingerprint density at radius 1 is 0.889 bits per heavy atom.